The molecule has 0 aliphatic carbocycles. The molecule has 2 rings (SSSR count). The minimum atomic E-state index is -0.352. The second-order valence-corrected chi connectivity index (χ2v) is 2.91. The van der Waals surface area contributed by atoms with E-state index in [-0.39, 0.29) is 5.63 Å². The maximum absolute atomic E-state index is 11.4. The molecule has 0 saturated heterocycles. The highest BCUT2D eigenvalue weighted by molar-refractivity contribution is 5.86. The van der Waals surface area contributed by atoms with Crippen LogP contribution in [0.4, 0.5) is 0 Å². The summed E-state index contributed by atoms with van der Waals surface area (Å²) in [5, 5.41) is 0.905. The van der Waals surface area contributed by atoms with Gasteiger partial charge in [-0.2, -0.15) is 0 Å². The summed E-state index contributed by atoms with van der Waals surface area (Å²) in [4.78, 5) is 15.2. The monoisotopic (exact) mass is 187 g/mol. The van der Waals surface area contributed by atoms with E-state index in [1.807, 2.05) is 18.2 Å². The average Bonchev–Trinajstić information content (AvgIpc) is 2.19. The first-order valence-electron chi connectivity index (χ1n) is 4.26. The van der Waals surface area contributed by atoms with E-state index in [1.165, 1.54) is 6.21 Å². The zero-order valence-electron chi connectivity index (χ0n) is 7.73. The Morgan fingerprint density at radius 1 is 1.36 bits per heavy atom. The summed E-state index contributed by atoms with van der Waals surface area (Å²) in [7, 11) is 1.62. The number of rotatable bonds is 1. The molecule has 0 fully saturated rings. The van der Waals surface area contributed by atoms with Gasteiger partial charge in [0.05, 0.1) is 5.56 Å². The van der Waals surface area contributed by atoms with Crippen LogP contribution in [0.25, 0.3) is 11.0 Å². The first-order valence-corrected chi connectivity index (χ1v) is 4.26. The van der Waals surface area contributed by atoms with Crippen molar-refractivity contribution in [3.8, 4) is 0 Å². The Morgan fingerprint density at radius 2 is 2.14 bits per heavy atom. The molecule has 3 nitrogen and oxygen atoms in total. The van der Waals surface area contributed by atoms with Gasteiger partial charge in [-0.3, -0.25) is 4.99 Å². The molecule has 1 aromatic carbocycles. The van der Waals surface area contributed by atoms with Gasteiger partial charge >= 0.3 is 5.63 Å². The van der Waals surface area contributed by atoms with Gasteiger partial charge in [-0.05, 0) is 12.1 Å². The van der Waals surface area contributed by atoms with Crippen molar-refractivity contribution in [1.29, 1.82) is 0 Å². The van der Waals surface area contributed by atoms with Gasteiger partial charge in [-0.15, -0.1) is 0 Å². The number of hydrogen-bond acceptors (Lipinski definition) is 3. The van der Waals surface area contributed by atoms with Gasteiger partial charge in [0.2, 0.25) is 0 Å². The van der Waals surface area contributed by atoms with Gasteiger partial charge in [0.15, 0.2) is 0 Å². The van der Waals surface area contributed by atoms with Crippen LogP contribution in [-0.4, -0.2) is 13.3 Å². The molecule has 0 aliphatic rings. The quantitative estimate of drug-likeness (QED) is 0.505. The number of fused-ring (bicyclic) bond motifs is 1. The second-order valence-electron chi connectivity index (χ2n) is 2.91. The Bertz CT molecular complexity index is 540. The van der Waals surface area contributed by atoms with Crippen molar-refractivity contribution in [3.63, 3.8) is 0 Å². The lowest BCUT2D eigenvalue weighted by molar-refractivity contribution is 0.560. The highest BCUT2D eigenvalue weighted by atomic mass is 16.4. The van der Waals surface area contributed by atoms with Crippen molar-refractivity contribution < 1.29 is 4.42 Å². The molecule has 0 atom stereocenters. The third-order valence-corrected chi connectivity index (χ3v) is 1.94. The van der Waals surface area contributed by atoms with Crippen LogP contribution >= 0.6 is 0 Å². The van der Waals surface area contributed by atoms with E-state index in [2.05, 4.69) is 4.99 Å². The fourth-order valence-electron chi connectivity index (χ4n) is 1.31. The van der Waals surface area contributed by atoms with Crippen LogP contribution < -0.4 is 5.63 Å². The third kappa shape index (κ3) is 1.44. The Hall–Kier alpha value is -1.90. The smallest absolute Gasteiger partial charge is 0.345 e. The minimum absolute atomic E-state index is 0.352. The lowest BCUT2D eigenvalue weighted by Crippen LogP contribution is -2.05. The van der Waals surface area contributed by atoms with Gasteiger partial charge in [0, 0.05) is 18.6 Å². The van der Waals surface area contributed by atoms with Crippen molar-refractivity contribution in [2.45, 2.75) is 0 Å². The molecule has 70 valence electrons. The van der Waals surface area contributed by atoms with E-state index < -0.39 is 0 Å². The largest absolute Gasteiger partial charge is 0.422 e. The van der Waals surface area contributed by atoms with Crippen LogP contribution in [0.1, 0.15) is 5.56 Å². The third-order valence-electron chi connectivity index (χ3n) is 1.94. The Labute approximate surface area is 80.7 Å². The number of hydrogen-bond donors (Lipinski definition) is 0. The van der Waals surface area contributed by atoms with Gasteiger partial charge in [0.1, 0.15) is 5.58 Å². The molecule has 0 amide bonds. The first-order chi connectivity index (χ1) is 6.81. The van der Waals surface area contributed by atoms with Crippen LogP contribution in [0.3, 0.4) is 0 Å². The number of benzene rings is 1. The van der Waals surface area contributed by atoms with E-state index in [1.54, 1.807) is 19.2 Å². The first kappa shape index (κ1) is 8.69. The van der Waals surface area contributed by atoms with Crippen molar-refractivity contribution in [1.82, 2.24) is 0 Å². The molecule has 0 aliphatic heterocycles. The maximum atomic E-state index is 11.4. The predicted octanol–water partition coefficient (Wildman–Crippen LogP) is 1.84. The normalized spacial score (nSPS) is 11.2. The standard InChI is InChI=1S/C11H9NO2/c1-12-7-9-6-8-4-2-3-5-10(8)14-11(9)13/h2-7H,1H3. The van der Waals surface area contributed by atoms with Crippen molar-refractivity contribution in [2.75, 3.05) is 7.05 Å². The van der Waals surface area contributed by atoms with Crippen molar-refractivity contribution >= 4 is 17.2 Å². The summed E-state index contributed by atoms with van der Waals surface area (Å²) in [5.74, 6) is 0. The predicted molar refractivity (Wildman–Crippen MR) is 56.0 cm³/mol. The van der Waals surface area contributed by atoms with Crippen molar-refractivity contribution in [3.05, 3.63) is 46.3 Å². The zero-order chi connectivity index (χ0) is 9.97. The molecule has 0 bridgehead atoms. The van der Waals surface area contributed by atoms with E-state index in [0.29, 0.717) is 11.1 Å². The van der Waals surface area contributed by atoms with Crippen LogP contribution in [0.2, 0.25) is 0 Å². The van der Waals surface area contributed by atoms with E-state index in [9.17, 15) is 4.79 Å². The lowest BCUT2D eigenvalue weighted by atomic mass is 10.2. The van der Waals surface area contributed by atoms with Gasteiger partial charge in [0.25, 0.3) is 0 Å². The van der Waals surface area contributed by atoms with E-state index >= 15 is 0 Å². The molecule has 0 unspecified atom stereocenters. The molecule has 2 aromatic rings. The Balaban J connectivity index is 2.77. The lowest BCUT2D eigenvalue weighted by Gasteiger charge is -1.96. The van der Waals surface area contributed by atoms with E-state index in [0.717, 1.165) is 5.39 Å². The summed E-state index contributed by atoms with van der Waals surface area (Å²) < 4.78 is 5.10. The van der Waals surface area contributed by atoms with Crippen LogP contribution in [0.5, 0.6) is 0 Å². The molecule has 1 heterocycles. The Kier molecular flexibility index (Phi) is 2.14. The van der Waals surface area contributed by atoms with Crippen LogP contribution in [0.15, 0.2) is 44.5 Å². The average molecular weight is 187 g/mol. The minimum Gasteiger partial charge on any atom is -0.422 e. The summed E-state index contributed by atoms with van der Waals surface area (Å²) in [6, 6.07) is 9.16. The fraction of sp³-hybridized carbons (Fsp3) is 0.0909. The van der Waals surface area contributed by atoms with Gasteiger partial charge in [-0.25, -0.2) is 4.79 Å². The highest BCUT2D eigenvalue weighted by Crippen LogP contribution is 2.11. The molecular weight excluding hydrogens is 178 g/mol. The molecule has 1 aromatic heterocycles. The highest BCUT2D eigenvalue weighted by Gasteiger charge is 2.01. The molecule has 0 radical (unpaired) electrons. The summed E-state index contributed by atoms with van der Waals surface area (Å²) >= 11 is 0. The summed E-state index contributed by atoms with van der Waals surface area (Å²) in [6.07, 6.45) is 1.50. The number of aliphatic imine (C=N–C) groups is 1. The maximum Gasteiger partial charge on any atom is 0.345 e. The van der Waals surface area contributed by atoms with Crippen molar-refractivity contribution in [2.24, 2.45) is 4.99 Å². The van der Waals surface area contributed by atoms with E-state index in [4.69, 9.17) is 4.42 Å². The van der Waals surface area contributed by atoms with Gasteiger partial charge in [-0.1, -0.05) is 18.2 Å². The molecule has 3 heteroatoms. The zero-order valence-corrected chi connectivity index (χ0v) is 7.73. The summed E-state index contributed by atoms with van der Waals surface area (Å²) in [6.45, 7) is 0. The molecular formula is C11H9NO2. The topological polar surface area (TPSA) is 42.6 Å². The molecule has 14 heavy (non-hydrogen) atoms. The fourth-order valence-corrected chi connectivity index (χ4v) is 1.31. The Morgan fingerprint density at radius 3 is 2.93 bits per heavy atom. The SMILES string of the molecule is CN=Cc1cc2ccccc2oc1=O. The number of para-hydroxylation sites is 1. The molecule has 0 N–H and O–H groups in total. The van der Waals surface area contributed by atoms with Gasteiger partial charge < -0.3 is 4.42 Å². The van der Waals surface area contributed by atoms with Crippen LogP contribution in [-0.2, 0) is 0 Å². The summed E-state index contributed by atoms with van der Waals surface area (Å²) in [5.41, 5.74) is 0.728. The molecule has 0 spiro atoms. The molecule has 0 saturated carbocycles. The van der Waals surface area contributed by atoms with Crippen LogP contribution in [0, 0.1) is 0 Å². The number of nitrogens with zero attached hydrogens (tertiary/aromatic N) is 1. The second kappa shape index (κ2) is 3.46.